The van der Waals surface area contributed by atoms with E-state index in [0.717, 1.165) is 5.69 Å². The first-order valence-corrected chi connectivity index (χ1v) is 11.3. The zero-order valence-corrected chi connectivity index (χ0v) is 15.9. The maximum Gasteiger partial charge on any atom is 0.215 e. The first-order chi connectivity index (χ1) is 11.2. The van der Waals surface area contributed by atoms with Crippen LogP contribution in [0.3, 0.4) is 0 Å². The van der Waals surface area contributed by atoms with Gasteiger partial charge in [0.05, 0.1) is 11.5 Å². The lowest BCUT2D eigenvalue weighted by Gasteiger charge is -2.35. The number of halogens is 1. The smallest absolute Gasteiger partial charge is 0.215 e. The summed E-state index contributed by atoms with van der Waals surface area (Å²) in [6.07, 6.45) is 0. The van der Waals surface area contributed by atoms with Crippen LogP contribution in [0, 0.1) is 0 Å². The lowest BCUT2D eigenvalue weighted by atomic mass is 10.2. The van der Waals surface area contributed by atoms with Crippen molar-refractivity contribution in [2.45, 2.75) is 6.92 Å². The molecule has 1 saturated heterocycles. The zero-order chi connectivity index (χ0) is 17.8. The van der Waals surface area contributed by atoms with Gasteiger partial charge in [0.15, 0.2) is 0 Å². The van der Waals surface area contributed by atoms with E-state index >= 15 is 0 Å². The number of benzene rings is 1. The second kappa shape index (κ2) is 8.01. The Hall–Kier alpha value is -0.870. The Bertz CT molecular complexity index is 760. The molecule has 0 bridgehead atoms. The van der Waals surface area contributed by atoms with Gasteiger partial charge in [0, 0.05) is 43.4 Å². The summed E-state index contributed by atoms with van der Waals surface area (Å²) in [4.78, 5) is 2.08. The van der Waals surface area contributed by atoms with Crippen LogP contribution in [0.15, 0.2) is 24.3 Å². The van der Waals surface area contributed by atoms with Crippen molar-refractivity contribution in [3.63, 3.8) is 0 Å². The van der Waals surface area contributed by atoms with Crippen molar-refractivity contribution in [3.05, 3.63) is 29.3 Å². The summed E-state index contributed by atoms with van der Waals surface area (Å²) in [6, 6.07) is 7.45. The van der Waals surface area contributed by atoms with Crippen LogP contribution in [0.25, 0.3) is 0 Å². The molecule has 2 rings (SSSR count). The van der Waals surface area contributed by atoms with Gasteiger partial charge in [0.2, 0.25) is 20.0 Å². The number of anilines is 1. The molecule has 1 aliphatic heterocycles. The minimum absolute atomic E-state index is 0.0641. The van der Waals surface area contributed by atoms with E-state index in [4.69, 9.17) is 11.6 Å². The molecule has 1 heterocycles. The van der Waals surface area contributed by atoms with Crippen molar-refractivity contribution < 1.29 is 16.8 Å². The summed E-state index contributed by atoms with van der Waals surface area (Å²) in [5, 5.41) is 0.644. The number of nitrogens with zero attached hydrogens (tertiary/aromatic N) is 2. The van der Waals surface area contributed by atoms with E-state index in [2.05, 4.69) is 9.62 Å². The average molecular weight is 396 g/mol. The van der Waals surface area contributed by atoms with Crippen LogP contribution in [-0.4, -0.2) is 65.4 Å². The molecule has 1 aromatic carbocycles. The molecule has 7 nitrogen and oxygen atoms in total. The summed E-state index contributed by atoms with van der Waals surface area (Å²) >= 11 is 5.98. The summed E-state index contributed by atoms with van der Waals surface area (Å²) in [5.41, 5.74) is 0.968. The number of hydrogen-bond donors (Lipinski definition) is 1. The molecular formula is C14H22ClN3O4S2. The highest BCUT2D eigenvalue weighted by molar-refractivity contribution is 7.90. The minimum Gasteiger partial charge on any atom is -0.369 e. The first-order valence-electron chi connectivity index (χ1n) is 7.69. The van der Waals surface area contributed by atoms with Gasteiger partial charge in [-0.25, -0.2) is 21.6 Å². The second-order valence-electron chi connectivity index (χ2n) is 5.48. The number of piperazine rings is 1. The molecule has 10 heteroatoms. The Kier molecular flexibility index (Phi) is 6.49. The van der Waals surface area contributed by atoms with Gasteiger partial charge in [-0.1, -0.05) is 17.7 Å². The molecule has 0 amide bonds. The molecular weight excluding hydrogens is 374 g/mol. The Morgan fingerprint density at radius 1 is 1.12 bits per heavy atom. The molecule has 0 atom stereocenters. The maximum absolute atomic E-state index is 12.3. The summed E-state index contributed by atoms with van der Waals surface area (Å²) in [5.74, 6) is -0.297. The van der Waals surface area contributed by atoms with Gasteiger partial charge in [0.25, 0.3) is 0 Å². The summed E-state index contributed by atoms with van der Waals surface area (Å²) < 4.78 is 51.0. The third-order valence-electron chi connectivity index (χ3n) is 3.87. The van der Waals surface area contributed by atoms with Crippen molar-refractivity contribution in [2.75, 3.05) is 49.1 Å². The molecule has 136 valence electrons. The molecule has 1 aliphatic rings. The Morgan fingerprint density at radius 2 is 1.79 bits per heavy atom. The molecule has 0 saturated carbocycles. The van der Waals surface area contributed by atoms with Crippen LogP contribution in [0.4, 0.5) is 5.69 Å². The van der Waals surface area contributed by atoms with Gasteiger partial charge in [-0.2, -0.15) is 4.31 Å². The van der Waals surface area contributed by atoms with Gasteiger partial charge in [-0.15, -0.1) is 0 Å². The van der Waals surface area contributed by atoms with E-state index in [-0.39, 0.29) is 18.1 Å². The molecule has 0 aromatic heterocycles. The fraction of sp³-hybridized carbons (Fsp3) is 0.571. The SMILES string of the molecule is CCS(=O)(=O)NCCS(=O)(=O)N1CCN(c2cccc(Cl)c2)CC1. The van der Waals surface area contributed by atoms with Gasteiger partial charge in [-0.05, 0) is 25.1 Å². The van der Waals surface area contributed by atoms with Crippen molar-refractivity contribution in [1.29, 1.82) is 0 Å². The van der Waals surface area contributed by atoms with Gasteiger partial charge >= 0.3 is 0 Å². The van der Waals surface area contributed by atoms with Crippen LogP contribution < -0.4 is 9.62 Å². The fourth-order valence-electron chi connectivity index (χ4n) is 2.45. The fourth-order valence-corrected chi connectivity index (χ4v) is 4.72. The van der Waals surface area contributed by atoms with Crippen LogP contribution >= 0.6 is 11.6 Å². The van der Waals surface area contributed by atoms with Gasteiger partial charge < -0.3 is 4.90 Å². The van der Waals surface area contributed by atoms with E-state index < -0.39 is 20.0 Å². The highest BCUT2D eigenvalue weighted by Crippen LogP contribution is 2.21. The van der Waals surface area contributed by atoms with E-state index in [9.17, 15) is 16.8 Å². The third-order valence-corrected chi connectivity index (χ3v) is 7.38. The highest BCUT2D eigenvalue weighted by atomic mass is 35.5. The maximum atomic E-state index is 12.3. The molecule has 1 fully saturated rings. The summed E-state index contributed by atoms with van der Waals surface area (Å²) in [6.45, 7) is 3.28. The predicted octanol–water partition coefficient (Wildman–Crippen LogP) is 0.731. The lowest BCUT2D eigenvalue weighted by Crippen LogP contribution is -2.50. The van der Waals surface area contributed by atoms with E-state index in [1.165, 1.54) is 11.2 Å². The molecule has 0 unspecified atom stereocenters. The normalized spacial score (nSPS) is 17.2. The topological polar surface area (TPSA) is 86.8 Å². The molecule has 1 aromatic rings. The molecule has 1 N–H and O–H groups in total. The quantitative estimate of drug-likeness (QED) is 0.735. The predicted molar refractivity (Wildman–Crippen MR) is 96.5 cm³/mol. The van der Waals surface area contributed by atoms with Crippen molar-refractivity contribution in [2.24, 2.45) is 0 Å². The summed E-state index contributed by atoms with van der Waals surface area (Å²) in [7, 11) is -6.85. The van der Waals surface area contributed by atoms with Crippen molar-refractivity contribution in [1.82, 2.24) is 9.03 Å². The van der Waals surface area contributed by atoms with Gasteiger partial charge in [0.1, 0.15) is 0 Å². The molecule has 0 aliphatic carbocycles. The van der Waals surface area contributed by atoms with Crippen LogP contribution in [-0.2, 0) is 20.0 Å². The molecule has 24 heavy (non-hydrogen) atoms. The van der Waals surface area contributed by atoms with E-state index in [1.807, 2.05) is 18.2 Å². The number of sulfonamides is 2. The molecule has 0 radical (unpaired) electrons. The van der Waals surface area contributed by atoms with Crippen LogP contribution in [0.5, 0.6) is 0 Å². The standard InChI is InChI=1S/C14H22ClN3O4S2/c1-2-23(19,20)16-6-11-24(21,22)18-9-7-17(8-10-18)14-5-3-4-13(15)12-14/h3-5,12,16H,2,6-11H2,1H3. The monoisotopic (exact) mass is 395 g/mol. The Morgan fingerprint density at radius 3 is 2.38 bits per heavy atom. The Balaban J connectivity index is 1.88. The number of hydrogen-bond acceptors (Lipinski definition) is 5. The van der Waals surface area contributed by atoms with Gasteiger partial charge in [-0.3, -0.25) is 0 Å². The number of nitrogens with one attached hydrogen (secondary N) is 1. The van der Waals surface area contributed by atoms with Crippen LogP contribution in [0.2, 0.25) is 5.02 Å². The van der Waals surface area contributed by atoms with E-state index in [1.54, 1.807) is 6.07 Å². The third kappa shape index (κ3) is 5.32. The average Bonchev–Trinajstić information content (AvgIpc) is 2.54. The minimum atomic E-state index is -3.47. The molecule has 0 spiro atoms. The Labute approximate surface area is 148 Å². The lowest BCUT2D eigenvalue weighted by molar-refractivity contribution is 0.385. The van der Waals surface area contributed by atoms with Crippen molar-refractivity contribution >= 4 is 37.3 Å². The van der Waals surface area contributed by atoms with Crippen LogP contribution in [0.1, 0.15) is 6.92 Å². The van der Waals surface area contributed by atoms with Crippen molar-refractivity contribution in [3.8, 4) is 0 Å². The number of rotatable bonds is 7. The highest BCUT2D eigenvalue weighted by Gasteiger charge is 2.27. The first kappa shape index (κ1) is 19.5. The largest absolute Gasteiger partial charge is 0.369 e. The van der Waals surface area contributed by atoms with E-state index in [0.29, 0.717) is 31.2 Å². The zero-order valence-electron chi connectivity index (χ0n) is 13.5. The second-order valence-corrected chi connectivity index (χ2v) is 10.1.